The van der Waals surface area contributed by atoms with Gasteiger partial charge in [0.05, 0.1) is 0 Å². The second kappa shape index (κ2) is 4.62. The van der Waals surface area contributed by atoms with E-state index in [4.69, 9.17) is 10.7 Å². The van der Waals surface area contributed by atoms with Crippen LogP contribution in [0.1, 0.15) is 31.9 Å². The van der Waals surface area contributed by atoms with E-state index in [1.807, 2.05) is 29.7 Å². The maximum Gasteiger partial charge on any atom is 0.142 e. The maximum atomic E-state index is 6.26. The molecule has 0 unspecified atom stereocenters. The third-order valence-corrected chi connectivity index (χ3v) is 3.91. The van der Waals surface area contributed by atoms with Crippen molar-refractivity contribution in [2.75, 3.05) is 5.73 Å². The zero-order valence-electron chi connectivity index (χ0n) is 13.0. The highest BCUT2D eigenvalue weighted by atomic mass is 15.1. The number of aryl methyl sites for hydroxylation is 1. The van der Waals surface area contributed by atoms with E-state index in [0.29, 0.717) is 5.82 Å². The van der Waals surface area contributed by atoms with E-state index in [1.54, 1.807) is 0 Å². The average molecular weight is 279 g/mol. The van der Waals surface area contributed by atoms with Gasteiger partial charge >= 0.3 is 0 Å². The molecule has 0 radical (unpaired) electrons. The van der Waals surface area contributed by atoms with Crippen LogP contribution in [0.15, 0.2) is 42.6 Å². The minimum atomic E-state index is 0.152. The third-order valence-electron chi connectivity index (χ3n) is 3.91. The summed E-state index contributed by atoms with van der Waals surface area (Å²) in [5.74, 6) is 0.692. The van der Waals surface area contributed by atoms with Crippen molar-refractivity contribution in [3.63, 3.8) is 0 Å². The van der Waals surface area contributed by atoms with Crippen LogP contribution < -0.4 is 5.73 Å². The van der Waals surface area contributed by atoms with Gasteiger partial charge in [0.1, 0.15) is 17.2 Å². The molecule has 1 aromatic carbocycles. The standard InChI is InChI=1S/C18H21N3/c1-12-6-5-11-21-16(19)15(20-17(12)21)13-7-9-14(10-8-13)18(2,3)4/h5-11H,19H2,1-4H3. The van der Waals surface area contributed by atoms with Gasteiger partial charge in [0.2, 0.25) is 0 Å². The van der Waals surface area contributed by atoms with E-state index in [2.05, 4.69) is 45.0 Å². The molecule has 21 heavy (non-hydrogen) atoms. The van der Waals surface area contributed by atoms with Crippen LogP contribution in [0.3, 0.4) is 0 Å². The number of rotatable bonds is 1. The van der Waals surface area contributed by atoms with E-state index >= 15 is 0 Å². The highest BCUT2D eigenvalue weighted by molar-refractivity contribution is 5.76. The van der Waals surface area contributed by atoms with Crippen molar-refractivity contribution in [1.82, 2.24) is 9.38 Å². The molecule has 2 N–H and O–H groups in total. The second-order valence-corrected chi connectivity index (χ2v) is 6.56. The molecule has 0 amide bonds. The van der Waals surface area contributed by atoms with Gasteiger partial charge in [-0.25, -0.2) is 4.98 Å². The highest BCUT2D eigenvalue weighted by Crippen LogP contribution is 2.30. The molecule has 3 nitrogen and oxygen atoms in total. The molecule has 0 saturated carbocycles. The van der Waals surface area contributed by atoms with Crippen LogP contribution in [-0.4, -0.2) is 9.38 Å². The first-order chi connectivity index (χ1) is 9.88. The summed E-state index contributed by atoms with van der Waals surface area (Å²) in [6.07, 6.45) is 1.96. The molecular formula is C18H21N3. The Kier molecular flexibility index (Phi) is 3.01. The molecule has 0 aliphatic heterocycles. The number of aromatic nitrogens is 2. The van der Waals surface area contributed by atoms with E-state index < -0.39 is 0 Å². The van der Waals surface area contributed by atoms with Crippen molar-refractivity contribution in [3.05, 3.63) is 53.7 Å². The molecule has 0 aliphatic carbocycles. The molecule has 0 bridgehead atoms. The number of anilines is 1. The van der Waals surface area contributed by atoms with Gasteiger partial charge in [0, 0.05) is 11.8 Å². The van der Waals surface area contributed by atoms with Gasteiger partial charge in [-0.2, -0.15) is 0 Å². The molecule has 0 aliphatic rings. The van der Waals surface area contributed by atoms with Crippen molar-refractivity contribution in [2.24, 2.45) is 0 Å². The van der Waals surface area contributed by atoms with Gasteiger partial charge in [-0.05, 0) is 29.5 Å². The van der Waals surface area contributed by atoms with Gasteiger partial charge < -0.3 is 5.73 Å². The Labute approximate surface area is 125 Å². The zero-order chi connectivity index (χ0) is 15.2. The first-order valence-corrected chi connectivity index (χ1v) is 7.22. The average Bonchev–Trinajstić information content (AvgIpc) is 2.77. The number of imidazole rings is 1. The lowest BCUT2D eigenvalue weighted by atomic mass is 9.86. The SMILES string of the molecule is Cc1cccn2c(N)c(-c3ccc(C(C)(C)C)cc3)nc12. The smallest absolute Gasteiger partial charge is 0.142 e. The van der Waals surface area contributed by atoms with Crippen molar-refractivity contribution in [1.29, 1.82) is 0 Å². The number of nitrogen functional groups attached to an aromatic ring is 1. The monoisotopic (exact) mass is 279 g/mol. The Hall–Kier alpha value is -2.29. The molecule has 2 heterocycles. The molecule has 3 rings (SSSR count). The first kappa shape index (κ1) is 13.7. The number of hydrogen-bond acceptors (Lipinski definition) is 2. The topological polar surface area (TPSA) is 43.3 Å². The van der Waals surface area contributed by atoms with Gasteiger partial charge in [-0.15, -0.1) is 0 Å². The number of pyridine rings is 1. The largest absolute Gasteiger partial charge is 0.383 e. The molecule has 0 saturated heterocycles. The Morgan fingerprint density at radius 3 is 2.29 bits per heavy atom. The molecule has 3 heteroatoms. The lowest BCUT2D eigenvalue weighted by molar-refractivity contribution is 0.590. The minimum Gasteiger partial charge on any atom is -0.383 e. The summed E-state index contributed by atoms with van der Waals surface area (Å²) >= 11 is 0. The van der Waals surface area contributed by atoms with Crippen molar-refractivity contribution in [2.45, 2.75) is 33.1 Å². The van der Waals surface area contributed by atoms with Crippen molar-refractivity contribution >= 4 is 11.5 Å². The highest BCUT2D eigenvalue weighted by Gasteiger charge is 2.15. The summed E-state index contributed by atoms with van der Waals surface area (Å²) in [6.45, 7) is 8.69. The Morgan fingerprint density at radius 2 is 1.71 bits per heavy atom. The fourth-order valence-electron chi connectivity index (χ4n) is 2.56. The summed E-state index contributed by atoms with van der Waals surface area (Å²) in [4.78, 5) is 4.71. The Morgan fingerprint density at radius 1 is 1.05 bits per heavy atom. The first-order valence-electron chi connectivity index (χ1n) is 7.22. The molecule has 3 aromatic rings. The predicted octanol–water partition coefficient (Wildman–Crippen LogP) is 4.19. The van der Waals surface area contributed by atoms with E-state index in [9.17, 15) is 0 Å². The van der Waals surface area contributed by atoms with Gasteiger partial charge in [0.15, 0.2) is 0 Å². The van der Waals surface area contributed by atoms with Crippen LogP contribution in [0, 0.1) is 6.92 Å². The Balaban J connectivity index is 2.13. The van der Waals surface area contributed by atoms with E-state index in [0.717, 1.165) is 22.5 Å². The number of hydrogen-bond donors (Lipinski definition) is 1. The second-order valence-electron chi connectivity index (χ2n) is 6.56. The number of nitrogens with two attached hydrogens (primary N) is 1. The predicted molar refractivity (Wildman–Crippen MR) is 88.5 cm³/mol. The molecular weight excluding hydrogens is 258 g/mol. The van der Waals surface area contributed by atoms with Gasteiger partial charge in [0.25, 0.3) is 0 Å². The lowest BCUT2D eigenvalue weighted by Gasteiger charge is -2.18. The molecule has 0 spiro atoms. The van der Waals surface area contributed by atoms with Crippen molar-refractivity contribution in [3.8, 4) is 11.3 Å². The fourth-order valence-corrected chi connectivity index (χ4v) is 2.56. The fraction of sp³-hybridized carbons (Fsp3) is 0.278. The summed E-state index contributed by atoms with van der Waals surface area (Å²) in [5.41, 5.74) is 11.7. The Bertz CT molecular complexity index is 790. The molecule has 108 valence electrons. The lowest BCUT2D eigenvalue weighted by Crippen LogP contribution is -2.10. The maximum absolute atomic E-state index is 6.26. The summed E-state index contributed by atoms with van der Waals surface area (Å²) in [5, 5.41) is 0. The van der Waals surface area contributed by atoms with Crippen LogP contribution >= 0.6 is 0 Å². The molecule has 2 aromatic heterocycles. The summed E-state index contributed by atoms with van der Waals surface area (Å²) in [6, 6.07) is 12.6. The minimum absolute atomic E-state index is 0.152. The number of nitrogens with zero attached hydrogens (tertiary/aromatic N) is 2. The summed E-state index contributed by atoms with van der Waals surface area (Å²) in [7, 11) is 0. The van der Waals surface area contributed by atoms with Gasteiger partial charge in [-0.1, -0.05) is 51.1 Å². The quantitative estimate of drug-likeness (QED) is 0.726. The molecule has 0 fully saturated rings. The van der Waals surface area contributed by atoms with Crippen LogP contribution in [-0.2, 0) is 5.41 Å². The van der Waals surface area contributed by atoms with Crippen LogP contribution in [0.4, 0.5) is 5.82 Å². The van der Waals surface area contributed by atoms with Gasteiger partial charge in [-0.3, -0.25) is 4.40 Å². The van der Waals surface area contributed by atoms with Crippen molar-refractivity contribution < 1.29 is 0 Å². The van der Waals surface area contributed by atoms with Crippen LogP contribution in [0.25, 0.3) is 16.9 Å². The van der Waals surface area contributed by atoms with E-state index in [1.165, 1.54) is 5.56 Å². The number of benzene rings is 1. The normalized spacial score (nSPS) is 12.0. The van der Waals surface area contributed by atoms with E-state index in [-0.39, 0.29) is 5.41 Å². The molecule has 0 atom stereocenters. The number of fused-ring (bicyclic) bond motifs is 1. The zero-order valence-corrected chi connectivity index (χ0v) is 13.0. The van der Waals surface area contributed by atoms with Crippen LogP contribution in [0.2, 0.25) is 0 Å². The van der Waals surface area contributed by atoms with Crippen LogP contribution in [0.5, 0.6) is 0 Å². The summed E-state index contributed by atoms with van der Waals surface area (Å²) < 4.78 is 1.95. The third kappa shape index (κ3) is 2.29.